The number of amidine groups is 1. The third kappa shape index (κ3) is 7.41. The highest BCUT2D eigenvalue weighted by molar-refractivity contribution is 6.30. The first-order valence-corrected chi connectivity index (χ1v) is 13.2. The Morgan fingerprint density at radius 2 is 2.03 bits per heavy atom. The molecule has 7 nitrogen and oxygen atoms in total. The normalized spacial score (nSPS) is 28.3. The van der Waals surface area contributed by atoms with Crippen LogP contribution in [-0.4, -0.2) is 62.4 Å². The van der Waals surface area contributed by atoms with E-state index >= 15 is 0 Å². The Kier molecular flexibility index (Phi) is 9.62. The monoisotopic (exact) mass is 489 g/mol. The summed E-state index contributed by atoms with van der Waals surface area (Å²) in [6.07, 6.45) is 11.3. The van der Waals surface area contributed by atoms with E-state index in [9.17, 15) is 0 Å². The first-order valence-electron chi connectivity index (χ1n) is 12.8. The summed E-state index contributed by atoms with van der Waals surface area (Å²) in [6.45, 7) is 5.60. The lowest BCUT2D eigenvalue weighted by atomic mass is 9.90. The Morgan fingerprint density at radius 1 is 1.24 bits per heavy atom. The molecule has 1 saturated heterocycles. The number of halogens is 1. The highest BCUT2D eigenvalue weighted by Crippen LogP contribution is 2.34. The molecule has 8 heteroatoms. The van der Waals surface area contributed by atoms with Crippen molar-refractivity contribution in [3.8, 4) is 0 Å². The van der Waals surface area contributed by atoms with Gasteiger partial charge in [0.05, 0.1) is 12.6 Å². The number of anilines is 1. The number of aliphatic imine (C=N–C) groups is 1. The standard InChI is InChI=1S/C26H40ClN5O2/c1-18(17-33-2)31-21-3-5-22(6-4-21)32-26-14-23(24(27)16-30-26)20-7-10-28-25(13-20)29-15-19-8-11-34-12-9-19/h7,10,13,16,18-19,21-23,31H,3-6,8-9,11-12,14-15,17H2,1-2H3,(H,28,29)(H,30,32). The molecule has 1 aromatic rings. The molecule has 4 rings (SSSR count). The molecule has 0 bridgehead atoms. The molecule has 1 aliphatic carbocycles. The molecule has 0 radical (unpaired) electrons. The van der Waals surface area contributed by atoms with Crippen molar-refractivity contribution in [3.63, 3.8) is 0 Å². The van der Waals surface area contributed by atoms with E-state index in [1.165, 1.54) is 5.56 Å². The predicted molar refractivity (Wildman–Crippen MR) is 139 cm³/mol. The lowest BCUT2D eigenvalue weighted by Crippen LogP contribution is -2.41. The Morgan fingerprint density at radius 3 is 2.79 bits per heavy atom. The lowest BCUT2D eigenvalue weighted by molar-refractivity contribution is 0.0699. The number of rotatable bonds is 9. The van der Waals surface area contributed by atoms with Gasteiger partial charge in [-0.15, -0.1) is 0 Å². The molecule has 0 spiro atoms. The second kappa shape index (κ2) is 12.9. The molecule has 3 heterocycles. The molecule has 188 valence electrons. The van der Waals surface area contributed by atoms with Crippen molar-refractivity contribution in [2.75, 3.05) is 38.8 Å². The van der Waals surface area contributed by atoms with E-state index in [2.05, 4.69) is 40.0 Å². The maximum absolute atomic E-state index is 6.64. The van der Waals surface area contributed by atoms with Crippen LogP contribution in [0.5, 0.6) is 0 Å². The van der Waals surface area contributed by atoms with Crippen LogP contribution in [0.1, 0.15) is 63.4 Å². The maximum atomic E-state index is 6.64. The number of nitrogens with zero attached hydrogens (tertiary/aromatic N) is 2. The van der Waals surface area contributed by atoms with E-state index in [4.69, 9.17) is 26.1 Å². The van der Waals surface area contributed by atoms with Crippen LogP contribution in [0.25, 0.3) is 0 Å². The summed E-state index contributed by atoms with van der Waals surface area (Å²) in [6, 6.07) is 5.54. The van der Waals surface area contributed by atoms with Gasteiger partial charge < -0.3 is 25.4 Å². The van der Waals surface area contributed by atoms with E-state index in [0.717, 1.165) is 88.0 Å². The molecule has 2 aliphatic heterocycles. The lowest BCUT2D eigenvalue weighted by Gasteiger charge is -2.30. The second-order valence-electron chi connectivity index (χ2n) is 9.95. The molecular formula is C26H40ClN5O2. The minimum Gasteiger partial charge on any atom is -0.383 e. The van der Waals surface area contributed by atoms with Gasteiger partial charge in [-0.1, -0.05) is 11.6 Å². The number of methoxy groups -OCH3 is 1. The molecule has 0 aromatic carbocycles. The summed E-state index contributed by atoms with van der Waals surface area (Å²) in [7, 11) is 1.76. The molecule has 1 saturated carbocycles. The fraction of sp³-hybridized carbons (Fsp3) is 0.692. The van der Waals surface area contributed by atoms with Gasteiger partial charge >= 0.3 is 0 Å². The minimum absolute atomic E-state index is 0.112. The fourth-order valence-electron chi connectivity index (χ4n) is 5.22. The molecule has 2 atom stereocenters. The second-order valence-corrected chi connectivity index (χ2v) is 10.4. The van der Waals surface area contributed by atoms with Crippen LogP contribution in [0.4, 0.5) is 5.82 Å². The Hall–Kier alpha value is -1.67. The fourth-order valence-corrected chi connectivity index (χ4v) is 5.48. The van der Waals surface area contributed by atoms with E-state index in [0.29, 0.717) is 24.0 Å². The van der Waals surface area contributed by atoms with Crippen molar-refractivity contribution in [2.45, 2.75) is 75.9 Å². The molecule has 3 aliphatic rings. The Balaban J connectivity index is 1.31. The zero-order chi connectivity index (χ0) is 23.8. The number of nitrogens with one attached hydrogen (secondary N) is 3. The van der Waals surface area contributed by atoms with E-state index in [1.54, 1.807) is 7.11 Å². The maximum Gasteiger partial charge on any atom is 0.126 e. The van der Waals surface area contributed by atoms with Gasteiger partial charge in [0, 0.05) is 68.7 Å². The summed E-state index contributed by atoms with van der Waals surface area (Å²) in [4.78, 5) is 9.61. The van der Waals surface area contributed by atoms with Gasteiger partial charge in [-0.3, -0.25) is 4.99 Å². The predicted octanol–water partition coefficient (Wildman–Crippen LogP) is 4.41. The average molecular weight is 490 g/mol. The van der Waals surface area contributed by atoms with Crippen molar-refractivity contribution in [3.05, 3.63) is 35.1 Å². The number of pyridine rings is 1. The number of aromatic nitrogens is 1. The molecule has 1 aromatic heterocycles. The molecule has 0 amide bonds. The Bertz CT molecular complexity index is 834. The molecule has 2 unspecified atom stereocenters. The van der Waals surface area contributed by atoms with Crippen molar-refractivity contribution in [1.82, 2.24) is 15.6 Å². The van der Waals surface area contributed by atoms with Crippen LogP contribution in [0.2, 0.25) is 0 Å². The van der Waals surface area contributed by atoms with Crippen LogP contribution in [0, 0.1) is 5.92 Å². The van der Waals surface area contributed by atoms with Crippen molar-refractivity contribution >= 4 is 23.3 Å². The van der Waals surface area contributed by atoms with Gasteiger partial charge in [-0.2, -0.15) is 0 Å². The van der Waals surface area contributed by atoms with Crippen LogP contribution in [-0.2, 0) is 9.47 Å². The smallest absolute Gasteiger partial charge is 0.126 e. The van der Waals surface area contributed by atoms with Gasteiger partial charge in [-0.05, 0) is 69.1 Å². The molecule has 34 heavy (non-hydrogen) atoms. The van der Waals surface area contributed by atoms with Gasteiger partial charge in [-0.25, -0.2) is 4.98 Å². The van der Waals surface area contributed by atoms with Gasteiger partial charge in [0.15, 0.2) is 0 Å². The zero-order valence-corrected chi connectivity index (χ0v) is 21.3. The minimum atomic E-state index is 0.112. The van der Waals surface area contributed by atoms with Crippen molar-refractivity contribution in [2.24, 2.45) is 10.9 Å². The third-order valence-corrected chi connectivity index (χ3v) is 7.55. The van der Waals surface area contributed by atoms with Gasteiger partial charge in [0.2, 0.25) is 0 Å². The molecule has 3 N–H and O–H groups in total. The summed E-state index contributed by atoms with van der Waals surface area (Å²) in [5, 5.41) is 11.4. The van der Waals surface area contributed by atoms with E-state index in [1.807, 2.05) is 12.4 Å². The third-order valence-electron chi connectivity index (χ3n) is 7.18. The summed E-state index contributed by atoms with van der Waals surface area (Å²) < 4.78 is 10.7. The molecular weight excluding hydrogens is 450 g/mol. The summed E-state index contributed by atoms with van der Waals surface area (Å²) >= 11 is 6.64. The average Bonchev–Trinajstić information content (AvgIpc) is 2.86. The number of allylic oxidation sites excluding steroid dienone is 1. The van der Waals surface area contributed by atoms with Crippen molar-refractivity contribution in [1.29, 1.82) is 0 Å². The van der Waals surface area contributed by atoms with Crippen LogP contribution in [0.15, 0.2) is 34.6 Å². The van der Waals surface area contributed by atoms with Crippen molar-refractivity contribution < 1.29 is 9.47 Å². The highest BCUT2D eigenvalue weighted by Gasteiger charge is 2.26. The van der Waals surface area contributed by atoms with Gasteiger partial charge in [0.1, 0.15) is 11.7 Å². The number of hydrogen-bond acceptors (Lipinski definition) is 6. The first-order chi connectivity index (χ1) is 16.6. The summed E-state index contributed by atoms with van der Waals surface area (Å²) in [5.74, 6) is 2.71. The number of ether oxygens (including phenoxy) is 2. The SMILES string of the molecule is COCC(C)NC1CCC(N=C2CC(c3ccnc(NCC4CCOCC4)c3)C(Cl)=CN2)CC1. The van der Waals surface area contributed by atoms with Gasteiger partial charge in [0.25, 0.3) is 0 Å². The molecule has 2 fully saturated rings. The van der Waals surface area contributed by atoms with Crippen LogP contribution >= 0.6 is 11.6 Å². The van der Waals surface area contributed by atoms with Crippen LogP contribution in [0.3, 0.4) is 0 Å². The van der Waals surface area contributed by atoms with E-state index < -0.39 is 0 Å². The van der Waals surface area contributed by atoms with Crippen LogP contribution < -0.4 is 16.0 Å². The Labute approximate surface area is 209 Å². The highest BCUT2D eigenvalue weighted by atomic mass is 35.5. The topological polar surface area (TPSA) is 79.8 Å². The van der Waals surface area contributed by atoms with E-state index in [-0.39, 0.29) is 5.92 Å². The quantitative estimate of drug-likeness (QED) is 0.476. The largest absolute Gasteiger partial charge is 0.383 e. The first kappa shape index (κ1) is 25.4. The number of hydrogen-bond donors (Lipinski definition) is 3. The zero-order valence-electron chi connectivity index (χ0n) is 20.6. The summed E-state index contributed by atoms with van der Waals surface area (Å²) in [5.41, 5.74) is 1.18.